The third-order valence-corrected chi connectivity index (χ3v) is 3.94. The van der Waals surface area contributed by atoms with E-state index in [1.807, 2.05) is 17.8 Å². The number of halogens is 1. The molecule has 1 aliphatic carbocycles. The predicted molar refractivity (Wildman–Crippen MR) is 72.2 cm³/mol. The zero-order valence-corrected chi connectivity index (χ0v) is 12.2. The van der Waals surface area contributed by atoms with Gasteiger partial charge in [-0.15, -0.1) is 0 Å². The standard InChI is InChI=1S/C13H19BrN2O2/c1-2-18-13(17)7-12(10-5-3-4-6-10)16-9-11(14)8-15-16/h8-10,12H,2-7H2,1H3. The fourth-order valence-electron chi connectivity index (χ4n) is 2.71. The highest BCUT2D eigenvalue weighted by Gasteiger charge is 2.29. The number of hydrogen-bond acceptors (Lipinski definition) is 3. The van der Waals surface area contributed by atoms with Crippen LogP contribution in [0.25, 0.3) is 0 Å². The summed E-state index contributed by atoms with van der Waals surface area (Å²) in [6.07, 6.45) is 9.02. The number of rotatable bonds is 5. The van der Waals surface area contributed by atoms with Crippen molar-refractivity contribution in [1.82, 2.24) is 9.78 Å². The van der Waals surface area contributed by atoms with E-state index in [-0.39, 0.29) is 12.0 Å². The molecule has 18 heavy (non-hydrogen) atoms. The first kappa shape index (κ1) is 13.6. The number of carbonyl (C=O) groups excluding carboxylic acids is 1. The molecular weight excluding hydrogens is 296 g/mol. The fourth-order valence-corrected chi connectivity index (χ4v) is 3.01. The summed E-state index contributed by atoms with van der Waals surface area (Å²) in [6.45, 7) is 2.28. The van der Waals surface area contributed by atoms with E-state index in [9.17, 15) is 4.79 Å². The van der Waals surface area contributed by atoms with E-state index in [1.54, 1.807) is 6.20 Å². The molecule has 4 nitrogen and oxygen atoms in total. The lowest BCUT2D eigenvalue weighted by Crippen LogP contribution is -2.22. The third-order valence-electron chi connectivity index (χ3n) is 3.53. The molecule has 5 heteroatoms. The van der Waals surface area contributed by atoms with Gasteiger partial charge in [-0.05, 0) is 41.6 Å². The predicted octanol–water partition coefficient (Wildman–Crippen LogP) is 3.33. The zero-order chi connectivity index (χ0) is 13.0. The second kappa shape index (κ2) is 6.36. The lowest BCUT2D eigenvalue weighted by molar-refractivity contribution is -0.144. The van der Waals surface area contributed by atoms with Crippen LogP contribution in [0.2, 0.25) is 0 Å². The Bertz CT molecular complexity index is 399. The second-order valence-electron chi connectivity index (χ2n) is 4.76. The highest BCUT2D eigenvalue weighted by Crippen LogP contribution is 2.36. The number of hydrogen-bond donors (Lipinski definition) is 0. The van der Waals surface area contributed by atoms with Gasteiger partial charge in [-0.2, -0.15) is 5.10 Å². The molecular formula is C13H19BrN2O2. The van der Waals surface area contributed by atoms with Crippen molar-refractivity contribution >= 4 is 21.9 Å². The Kier molecular flexibility index (Phi) is 4.80. The van der Waals surface area contributed by atoms with Crippen LogP contribution in [0.5, 0.6) is 0 Å². The number of aromatic nitrogens is 2. The zero-order valence-electron chi connectivity index (χ0n) is 10.6. The minimum Gasteiger partial charge on any atom is -0.466 e. The van der Waals surface area contributed by atoms with E-state index < -0.39 is 0 Å². The summed E-state index contributed by atoms with van der Waals surface area (Å²) in [4.78, 5) is 11.7. The summed E-state index contributed by atoms with van der Waals surface area (Å²) in [5.74, 6) is 0.419. The van der Waals surface area contributed by atoms with Crippen molar-refractivity contribution in [2.24, 2.45) is 5.92 Å². The van der Waals surface area contributed by atoms with E-state index in [4.69, 9.17) is 4.74 Å². The summed E-state index contributed by atoms with van der Waals surface area (Å²) >= 11 is 3.41. The summed E-state index contributed by atoms with van der Waals surface area (Å²) in [5, 5.41) is 4.34. The third kappa shape index (κ3) is 3.34. The van der Waals surface area contributed by atoms with Crippen LogP contribution >= 0.6 is 15.9 Å². The number of ether oxygens (including phenoxy) is 1. The van der Waals surface area contributed by atoms with Gasteiger partial charge in [-0.3, -0.25) is 9.48 Å². The summed E-state index contributed by atoms with van der Waals surface area (Å²) in [6, 6.07) is 0.137. The van der Waals surface area contributed by atoms with Gasteiger partial charge in [0.2, 0.25) is 0 Å². The smallest absolute Gasteiger partial charge is 0.307 e. The van der Waals surface area contributed by atoms with Crippen molar-refractivity contribution in [3.8, 4) is 0 Å². The van der Waals surface area contributed by atoms with Crippen molar-refractivity contribution < 1.29 is 9.53 Å². The number of carbonyl (C=O) groups is 1. The quantitative estimate of drug-likeness (QED) is 0.783. The van der Waals surface area contributed by atoms with Crippen molar-refractivity contribution in [3.63, 3.8) is 0 Å². The molecule has 2 rings (SSSR count). The average Bonchev–Trinajstić information content (AvgIpc) is 2.97. The van der Waals surface area contributed by atoms with E-state index >= 15 is 0 Å². The van der Waals surface area contributed by atoms with E-state index in [2.05, 4.69) is 21.0 Å². The molecule has 1 aliphatic rings. The van der Waals surface area contributed by atoms with Gasteiger partial charge in [-0.25, -0.2) is 0 Å². The minimum absolute atomic E-state index is 0.124. The van der Waals surface area contributed by atoms with Crippen LogP contribution in [-0.4, -0.2) is 22.4 Å². The molecule has 1 atom stereocenters. The first-order valence-corrected chi connectivity index (χ1v) is 7.35. The molecule has 1 unspecified atom stereocenters. The highest BCUT2D eigenvalue weighted by atomic mass is 79.9. The van der Waals surface area contributed by atoms with Crippen LogP contribution in [0.4, 0.5) is 0 Å². The monoisotopic (exact) mass is 314 g/mol. The largest absolute Gasteiger partial charge is 0.466 e. The van der Waals surface area contributed by atoms with Crippen molar-refractivity contribution in [2.75, 3.05) is 6.61 Å². The maximum Gasteiger partial charge on any atom is 0.307 e. The SMILES string of the molecule is CCOC(=O)CC(C1CCCC1)n1cc(Br)cn1. The van der Waals surface area contributed by atoms with Crippen molar-refractivity contribution in [3.05, 3.63) is 16.9 Å². The molecule has 0 radical (unpaired) electrons. The van der Waals surface area contributed by atoms with E-state index in [0.29, 0.717) is 18.9 Å². The molecule has 1 aromatic heterocycles. The van der Waals surface area contributed by atoms with Crippen molar-refractivity contribution in [2.45, 2.75) is 45.1 Å². The Hall–Kier alpha value is -0.840. The van der Waals surface area contributed by atoms with Gasteiger partial charge in [0.05, 0.1) is 29.7 Å². The summed E-state index contributed by atoms with van der Waals surface area (Å²) < 4.78 is 7.94. The Morgan fingerprint density at radius 3 is 2.89 bits per heavy atom. The van der Waals surface area contributed by atoms with Crippen LogP contribution in [-0.2, 0) is 9.53 Å². The van der Waals surface area contributed by atoms with Crippen molar-refractivity contribution in [1.29, 1.82) is 0 Å². The number of nitrogens with zero attached hydrogens (tertiary/aromatic N) is 2. The maximum atomic E-state index is 11.7. The first-order chi connectivity index (χ1) is 8.70. The van der Waals surface area contributed by atoms with E-state index in [0.717, 1.165) is 4.47 Å². The molecule has 1 fully saturated rings. The Morgan fingerprint density at radius 2 is 2.33 bits per heavy atom. The van der Waals surface area contributed by atoms with Crippen LogP contribution in [0.1, 0.15) is 45.1 Å². The van der Waals surface area contributed by atoms with Gasteiger partial charge >= 0.3 is 5.97 Å². The minimum atomic E-state index is -0.124. The normalized spacial score (nSPS) is 17.9. The summed E-state index contributed by atoms with van der Waals surface area (Å²) in [7, 11) is 0. The van der Waals surface area contributed by atoms with Gasteiger partial charge in [0.1, 0.15) is 0 Å². The average molecular weight is 315 g/mol. The highest BCUT2D eigenvalue weighted by molar-refractivity contribution is 9.10. The Labute approximate surface area is 116 Å². The topological polar surface area (TPSA) is 44.1 Å². The molecule has 0 aliphatic heterocycles. The molecule has 0 spiro atoms. The molecule has 0 N–H and O–H groups in total. The molecule has 0 amide bonds. The Morgan fingerprint density at radius 1 is 1.61 bits per heavy atom. The lowest BCUT2D eigenvalue weighted by atomic mass is 9.95. The number of esters is 1. The Balaban J connectivity index is 2.09. The molecule has 0 saturated heterocycles. The van der Waals surface area contributed by atoms with E-state index in [1.165, 1.54) is 25.7 Å². The molecule has 1 saturated carbocycles. The van der Waals surface area contributed by atoms with Gasteiger partial charge in [-0.1, -0.05) is 12.8 Å². The molecule has 1 heterocycles. The van der Waals surface area contributed by atoms with Crippen LogP contribution in [0, 0.1) is 5.92 Å². The molecule has 1 aromatic rings. The van der Waals surface area contributed by atoms with Gasteiger partial charge in [0.15, 0.2) is 0 Å². The molecule has 0 aromatic carbocycles. The van der Waals surface area contributed by atoms with Crippen LogP contribution in [0.3, 0.4) is 0 Å². The second-order valence-corrected chi connectivity index (χ2v) is 5.68. The molecule has 100 valence electrons. The lowest BCUT2D eigenvalue weighted by Gasteiger charge is -2.23. The van der Waals surface area contributed by atoms with Crippen LogP contribution in [0.15, 0.2) is 16.9 Å². The van der Waals surface area contributed by atoms with Gasteiger partial charge < -0.3 is 4.74 Å². The fraction of sp³-hybridized carbons (Fsp3) is 0.692. The summed E-state index contributed by atoms with van der Waals surface area (Å²) in [5.41, 5.74) is 0. The molecule has 0 bridgehead atoms. The van der Waals surface area contributed by atoms with Crippen LogP contribution < -0.4 is 0 Å². The van der Waals surface area contributed by atoms with Gasteiger partial charge in [0, 0.05) is 6.20 Å². The first-order valence-electron chi connectivity index (χ1n) is 6.56. The van der Waals surface area contributed by atoms with Gasteiger partial charge in [0.25, 0.3) is 0 Å². The maximum absolute atomic E-state index is 11.7.